The lowest BCUT2D eigenvalue weighted by Crippen LogP contribution is -2.18. The zero-order valence-corrected chi connectivity index (χ0v) is 13.6. The van der Waals surface area contributed by atoms with Crippen LogP contribution in [0.4, 0.5) is 5.69 Å². The van der Waals surface area contributed by atoms with E-state index in [-0.39, 0.29) is 6.04 Å². The Morgan fingerprint density at radius 3 is 2.48 bits per heavy atom. The molecule has 2 aromatic carbocycles. The van der Waals surface area contributed by atoms with Gasteiger partial charge in [-0.25, -0.2) is 4.79 Å². The van der Waals surface area contributed by atoms with E-state index in [0.717, 1.165) is 22.1 Å². The van der Waals surface area contributed by atoms with Crippen LogP contribution in [0.2, 0.25) is 0 Å². The van der Waals surface area contributed by atoms with Crippen LogP contribution in [0.5, 0.6) is 0 Å². The minimum atomic E-state index is -0.896. The van der Waals surface area contributed by atoms with Crippen molar-refractivity contribution in [2.24, 2.45) is 0 Å². The van der Waals surface area contributed by atoms with Crippen molar-refractivity contribution in [3.63, 3.8) is 0 Å². The third kappa shape index (κ3) is 4.33. The number of carboxylic acid groups (broad SMARTS) is 1. The summed E-state index contributed by atoms with van der Waals surface area (Å²) in [6, 6.07) is 13.7. The first kappa shape index (κ1) is 15.6. The number of hydrogen-bond donors (Lipinski definition) is 2. The van der Waals surface area contributed by atoms with E-state index in [1.807, 2.05) is 25.1 Å². The average molecular weight is 348 g/mol. The first-order valence-electron chi connectivity index (χ1n) is 6.80. The molecule has 0 saturated heterocycles. The lowest BCUT2D eigenvalue weighted by Gasteiger charge is -2.17. The third-order valence-electron chi connectivity index (χ3n) is 3.33. The first-order chi connectivity index (χ1) is 9.95. The van der Waals surface area contributed by atoms with Gasteiger partial charge < -0.3 is 10.4 Å². The maximum absolute atomic E-state index is 10.9. The van der Waals surface area contributed by atoms with Crippen LogP contribution in [0.25, 0.3) is 0 Å². The Morgan fingerprint density at radius 1 is 1.24 bits per heavy atom. The van der Waals surface area contributed by atoms with Gasteiger partial charge in [0.25, 0.3) is 0 Å². The summed E-state index contributed by atoms with van der Waals surface area (Å²) < 4.78 is 1.08. The number of carboxylic acids is 1. The smallest absolute Gasteiger partial charge is 0.335 e. The largest absolute Gasteiger partial charge is 0.478 e. The van der Waals surface area contributed by atoms with Crippen LogP contribution in [-0.2, 0) is 6.42 Å². The standard InChI is InChI=1S/C17H18BrNO2/c1-11-9-14(17(20)21)5-8-16(11)19-12(2)10-13-3-6-15(18)7-4-13/h3-9,12,19H,10H2,1-2H3,(H,20,21). The Bertz CT molecular complexity index is 638. The van der Waals surface area contributed by atoms with Gasteiger partial charge in [0, 0.05) is 16.2 Å². The Morgan fingerprint density at radius 2 is 1.90 bits per heavy atom. The molecule has 0 radical (unpaired) electrons. The van der Waals surface area contributed by atoms with Crippen molar-refractivity contribution >= 4 is 27.6 Å². The zero-order chi connectivity index (χ0) is 15.4. The molecule has 0 bridgehead atoms. The summed E-state index contributed by atoms with van der Waals surface area (Å²) in [7, 11) is 0. The highest BCUT2D eigenvalue weighted by Crippen LogP contribution is 2.19. The van der Waals surface area contributed by atoms with Crippen LogP contribution in [0, 0.1) is 6.92 Å². The van der Waals surface area contributed by atoms with Crippen molar-refractivity contribution in [1.29, 1.82) is 0 Å². The molecule has 1 unspecified atom stereocenters. The summed E-state index contributed by atoms with van der Waals surface area (Å²) in [5.41, 5.74) is 3.50. The number of halogens is 1. The van der Waals surface area contributed by atoms with Crippen LogP contribution >= 0.6 is 15.9 Å². The second kappa shape index (κ2) is 6.76. The van der Waals surface area contributed by atoms with E-state index < -0.39 is 5.97 Å². The van der Waals surface area contributed by atoms with Crippen molar-refractivity contribution in [2.45, 2.75) is 26.3 Å². The molecule has 21 heavy (non-hydrogen) atoms. The second-order valence-corrected chi connectivity index (χ2v) is 6.13. The number of benzene rings is 2. The van der Waals surface area contributed by atoms with E-state index in [2.05, 4.69) is 40.3 Å². The highest BCUT2D eigenvalue weighted by atomic mass is 79.9. The summed E-state index contributed by atoms with van der Waals surface area (Å²) in [5, 5.41) is 12.4. The molecule has 0 aliphatic heterocycles. The molecule has 0 spiro atoms. The summed E-state index contributed by atoms with van der Waals surface area (Å²) in [6.07, 6.45) is 0.910. The fourth-order valence-corrected chi connectivity index (χ4v) is 2.51. The van der Waals surface area contributed by atoms with Crippen molar-refractivity contribution in [3.05, 3.63) is 63.6 Å². The molecule has 0 saturated carbocycles. The van der Waals surface area contributed by atoms with Crippen molar-refractivity contribution in [1.82, 2.24) is 0 Å². The highest BCUT2D eigenvalue weighted by molar-refractivity contribution is 9.10. The number of rotatable bonds is 5. The van der Waals surface area contributed by atoms with Gasteiger partial charge in [-0.05, 0) is 61.7 Å². The molecule has 2 N–H and O–H groups in total. The lowest BCUT2D eigenvalue weighted by molar-refractivity contribution is 0.0697. The van der Waals surface area contributed by atoms with Crippen LogP contribution in [0.3, 0.4) is 0 Å². The molecule has 2 rings (SSSR count). The average Bonchev–Trinajstić information content (AvgIpc) is 2.43. The highest BCUT2D eigenvalue weighted by Gasteiger charge is 2.08. The van der Waals surface area contributed by atoms with Crippen molar-refractivity contribution < 1.29 is 9.90 Å². The van der Waals surface area contributed by atoms with Crippen molar-refractivity contribution in [3.8, 4) is 0 Å². The topological polar surface area (TPSA) is 49.3 Å². The van der Waals surface area contributed by atoms with Crippen LogP contribution in [-0.4, -0.2) is 17.1 Å². The molecular weight excluding hydrogens is 330 g/mol. The molecule has 110 valence electrons. The predicted octanol–water partition coefficient (Wildman–Crippen LogP) is 4.50. The number of hydrogen-bond acceptors (Lipinski definition) is 2. The van der Waals surface area contributed by atoms with E-state index in [1.165, 1.54) is 5.56 Å². The van der Waals surface area contributed by atoms with E-state index in [9.17, 15) is 4.79 Å². The van der Waals surface area contributed by atoms with Gasteiger partial charge in [-0.15, -0.1) is 0 Å². The van der Waals surface area contributed by atoms with E-state index in [4.69, 9.17) is 5.11 Å². The number of nitrogens with one attached hydrogen (secondary N) is 1. The fourth-order valence-electron chi connectivity index (χ4n) is 2.25. The van der Waals surface area contributed by atoms with E-state index in [0.29, 0.717) is 5.56 Å². The Labute approximate surface area is 133 Å². The monoisotopic (exact) mass is 347 g/mol. The molecule has 4 heteroatoms. The van der Waals surface area contributed by atoms with Gasteiger partial charge in [0.1, 0.15) is 0 Å². The summed E-state index contributed by atoms with van der Waals surface area (Å²) in [6.45, 7) is 4.04. The fraction of sp³-hybridized carbons (Fsp3) is 0.235. The summed E-state index contributed by atoms with van der Waals surface area (Å²) in [5.74, 6) is -0.896. The molecule has 0 heterocycles. The molecule has 0 aliphatic carbocycles. The second-order valence-electron chi connectivity index (χ2n) is 5.21. The number of carbonyl (C=O) groups is 1. The van der Waals surface area contributed by atoms with Crippen LogP contribution in [0.1, 0.15) is 28.4 Å². The van der Waals surface area contributed by atoms with Gasteiger partial charge in [0.15, 0.2) is 0 Å². The van der Waals surface area contributed by atoms with Gasteiger partial charge in [-0.3, -0.25) is 0 Å². The van der Waals surface area contributed by atoms with Gasteiger partial charge in [0.2, 0.25) is 0 Å². The molecule has 0 aliphatic rings. The Balaban J connectivity index is 2.04. The Hall–Kier alpha value is -1.81. The zero-order valence-electron chi connectivity index (χ0n) is 12.1. The lowest BCUT2D eigenvalue weighted by atomic mass is 10.1. The number of anilines is 1. The van der Waals surface area contributed by atoms with E-state index in [1.54, 1.807) is 12.1 Å². The van der Waals surface area contributed by atoms with Crippen molar-refractivity contribution in [2.75, 3.05) is 5.32 Å². The maximum atomic E-state index is 10.9. The summed E-state index contributed by atoms with van der Waals surface area (Å²) >= 11 is 3.43. The number of aromatic carboxylic acids is 1. The maximum Gasteiger partial charge on any atom is 0.335 e. The van der Waals surface area contributed by atoms with E-state index >= 15 is 0 Å². The quantitative estimate of drug-likeness (QED) is 0.837. The molecule has 0 fully saturated rings. The number of aryl methyl sites for hydroxylation is 1. The first-order valence-corrected chi connectivity index (χ1v) is 7.60. The minimum absolute atomic E-state index is 0.264. The minimum Gasteiger partial charge on any atom is -0.478 e. The third-order valence-corrected chi connectivity index (χ3v) is 3.86. The molecule has 0 aromatic heterocycles. The summed E-state index contributed by atoms with van der Waals surface area (Å²) in [4.78, 5) is 10.9. The van der Waals surface area contributed by atoms with Gasteiger partial charge >= 0.3 is 5.97 Å². The predicted molar refractivity (Wildman–Crippen MR) is 89.1 cm³/mol. The molecule has 1 atom stereocenters. The normalized spacial score (nSPS) is 12.0. The van der Waals surface area contributed by atoms with Crippen LogP contribution in [0.15, 0.2) is 46.9 Å². The SMILES string of the molecule is Cc1cc(C(=O)O)ccc1NC(C)Cc1ccc(Br)cc1. The molecular formula is C17H18BrNO2. The Kier molecular flexibility index (Phi) is 5.02. The molecule has 3 nitrogen and oxygen atoms in total. The molecule has 2 aromatic rings. The van der Waals surface area contributed by atoms with Crippen LogP contribution < -0.4 is 5.32 Å². The van der Waals surface area contributed by atoms with Gasteiger partial charge in [-0.1, -0.05) is 28.1 Å². The molecule has 0 amide bonds. The van der Waals surface area contributed by atoms with Gasteiger partial charge in [0.05, 0.1) is 5.56 Å². The van der Waals surface area contributed by atoms with Gasteiger partial charge in [-0.2, -0.15) is 0 Å².